The highest BCUT2D eigenvalue weighted by Gasteiger charge is 2.21. The second kappa shape index (κ2) is 7.73. The minimum Gasteiger partial charge on any atom is -0.481 e. The molecule has 0 aromatic rings. The molecule has 2 N–H and O–H groups in total. The Morgan fingerprint density at radius 1 is 1.32 bits per heavy atom. The smallest absolute Gasteiger partial charge is 0.413 e. The Morgan fingerprint density at radius 2 is 1.95 bits per heavy atom. The second-order valence-corrected chi connectivity index (χ2v) is 4.69. The van der Waals surface area contributed by atoms with E-state index in [1.807, 2.05) is 4.90 Å². The number of amides is 2. The first-order chi connectivity index (χ1) is 9.01. The molecule has 0 bridgehead atoms. The molecule has 0 aliphatic carbocycles. The summed E-state index contributed by atoms with van der Waals surface area (Å²) in [6.07, 6.45) is 1.92. The van der Waals surface area contributed by atoms with Gasteiger partial charge >= 0.3 is 12.1 Å². The van der Waals surface area contributed by atoms with Crippen molar-refractivity contribution in [2.24, 2.45) is 5.92 Å². The number of alkyl carbamates (subject to hydrolysis) is 1. The zero-order valence-corrected chi connectivity index (χ0v) is 11.1. The molecule has 0 atom stereocenters. The average molecular weight is 272 g/mol. The molecule has 108 valence electrons. The van der Waals surface area contributed by atoms with E-state index in [2.05, 4.69) is 10.1 Å². The quantitative estimate of drug-likeness (QED) is 0.754. The van der Waals surface area contributed by atoms with Crippen LogP contribution < -0.4 is 5.32 Å². The molecule has 1 aliphatic rings. The summed E-state index contributed by atoms with van der Waals surface area (Å²) < 4.78 is 4.34. The van der Waals surface area contributed by atoms with Gasteiger partial charge in [-0.05, 0) is 38.3 Å². The lowest BCUT2D eigenvalue weighted by atomic mass is 9.92. The summed E-state index contributed by atoms with van der Waals surface area (Å²) in [5.74, 6) is -0.730. The molecule has 1 fully saturated rings. The minimum atomic E-state index is -0.764. The molecule has 0 saturated carbocycles. The van der Waals surface area contributed by atoms with Gasteiger partial charge in [0.2, 0.25) is 5.91 Å². The maximum Gasteiger partial charge on any atom is 0.413 e. The van der Waals surface area contributed by atoms with E-state index in [0.717, 1.165) is 25.9 Å². The number of hydrogen-bond donors (Lipinski definition) is 2. The number of carbonyl (C=O) groups is 3. The van der Waals surface area contributed by atoms with Crippen molar-refractivity contribution in [2.45, 2.75) is 25.7 Å². The maximum absolute atomic E-state index is 11.4. The third-order valence-electron chi connectivity index (χ3n) is 3.27. The average Bonchev–Trinajstić information content (AvgIpc) is 2.37. The van der Waals surface area contributed by atoms with Crippen LogP contribution in [0.2, 0.25) is 0 Å². The number of piperidine rings is 1. The maximum atomic E-state index is 11.4. The van der Waals surface area contributed by atoms with Gasteiger partial charge in [-0.1, -0.05) is 0 Å². The number of carbonyl (C=O) groups excluding carboxylic acids is 2. The molecular weight excluding hydrogens is 252 g/mol. The molecule has 2 amide bonds. The van der Waals surface area contributed by atoms with E-state index in [1.165, 1.54) is 7.11 Å². The molecule has 7 heteroatoms. The highest BCUT2D eigenvalue weighted by atomic mass is 16.5. The van der Waals surface area contributed by atoms with Crippen LogP contribution in [0.25, 0.3) is 0 Å². The monoisotopic (exact) mass is 272 g/mol. The molecule has 7 nitrogen and oxygen atoms in total. The van der Waals surface area contributed by atoms with Crippen LogP contribution in [0.15, 0.2) is 0 Å². The van der Waals surface area contributed by atoms with Gasteiger partial charge in [0.05, 0.1) is 13.7 Å². The fraction of sp³-hybridized carbons (Fsp3) is 0.750. The van der Waals surface area contributed by atoms with Crippen LogP contribution in [-0.2, 0) is 14.3 Å². The number of aliphatic carboxylic acids is 1. The highest BCUT2D eigenvalue weighted by Crippen LogP contribution is 2.21. The van der Waals surface area contributed by atoms with Gasteiger partial charge in [0.15, 0.2) is 0 Å². The molecule has 1 rings (SSSR count). The van der Waals surface area contributed by atoms with Crippen LogP contribution in [0.1, 0.15) is 25.7 Å². The second-order valence-electron chi connectivity index (χ2n) is 4.69. The summed E-state index contributed by atoms with van der Waals surface area (Å²) in [7, 11) is 1.20. The summed E-state index contributed by atoms with van der Waals surface area (Å²) in [6.45, 7) is 1.67. The predicted molar refractivity (Wildman–Crippen MR) is 66.6 cm³/mol. The Balaban J connectivity index is 2.21. The van der Waals surface area contributed by atoms with Crippen LogP contribution in [0, 0.1) is 5.92 Å². The van der Waals surface area contributed by atoms with Gasteiger partial charge < -0.3 is 9.84 Å². The van der Waals surface area contributed by atoms with E-state index in [4.69, 9.17) is 5.11 Å². The Kier molecular flexibility index (Phi) is 6.27. The van der Waals surface area contributed by atoms with Gasteiger partial charge in [0.1, 0.15) is 0 Å². The zero-order chi connectivity index (χ0) is 14.3. The van der Waals surface area contributed by atoms with E-state index in [0.29, 0.717) is 12.3 Å². The number of methoxy groups -OCH3 is 1. The normalized spacial score (nSPS) is 16.9. The van der Waals surface area contributed by atoms with Crippen molar-refractivity contribution < 1.29 is 24.2 Å². The Labute approximate surface area is 111 Å². The number of nitrogens with zero attached hydrogens (tertiary/aromatic N) is 1. The summed E-state index contributed by atoms with van der Waals surface area (Å²) in [5.41, 5.74) is 0. The lowest BCUT2D eigenvalue weighted by Gasteiger charge is -2.31. The van der Waals surface area contributed by atoms with Crippen molar-refractivity contribution in [1.82, 2.24) is 10.2 Å². The van der Waals surface area contributed by atoms with Gasteiger partial charge in [-0.2, -0.15) is 0 Å². The van der Waals surface area contributed by atoms with Crippen molar-refractivity contribution in [3.8, 4) is 0 Å². The van der Waals surface area contributed by atoms with Crippen LogP contribution >= 0.6 is 0 Å². The Morgan fingerprint density at radius 3 is 2.47 bits per heavy atom. The number of imide groups is 1. The van der Waals surface area contributed by atoms with Gasteiger partial charge in [0.25, 0.3) is 0 Å². The summed E-state index contributed by atoms with van der Waals surface area (Å²) in [6, 6.07) is 0. The first-order valence-corrected chi connectivity index (χ1v) is 6.33. The molecule has 1 saturated heterocycles. The van der Waals surface area contributed by atoms with Gasteiger partial charge in [-0.3, -0.25) is 19.8 Å². The molecule has 0 aromatic carbocycles. The number of rotatable bonds is 5. The molecule has 0 aromatic heterocycles. The van der Waals surface area contributed by atoms with Crippen LogP contribution in [0.5, 0.6) is 0 Å². The van der Waals surface area contributed by atoms with Gasteiger partial charge in [-0.25, -0.2) is 4.79 Å². The van der Waals surface area contributed by atoms with E-state index >= 15 is 0 Å². The van der Waals surface area contributed by atoms with E-state index < -0.39 is 12.1 Å². The summed E-state index contributed by atoms with van der Waals surface area (Å²) in [5, 5.41) is 10.7. The standard InChI is InChI=1S/C12H20N2O5/c1-19-12(18)13-10(15)8-14-6-4-9(5-7-14)2-3-11(16)17/h9H,2-8H2,1H3,(H,16,17)(H,13,15,18). The third-order valence-corrected chi connectivity index (χ3v) is 3.27. The molecule has 1 aliphatic heterocycles. The molecule has 0 unspecified atom stereocenters. The summed E-state index contributed by atoms with van der Waals surface area (Å²) in [4.78, 5) is 34.7. The highest BCUT2D eigenvalue weighted by molar-refractivity contribution is 5.92. The molecule has 0 radical (unpaired) electrons. The lowest BCUT2D eigenvalue weighted by Crippen LogP contribution is -2.43. The topological polar surface area (TPSA) is 95.9 Å². The number of ether oxygens (including phenoxy) is 1. The number of carboxylic acid groups (broad SMARTS) is 1. The van der Waals surface area contributed by atoms with E-state index in [9.17, 15) is 14.4 Å². The van der Waals surface area contributed by atoms with Crippen LogP contribution in [0.4, 0.5) is 4.79 Å². The van der Waals surface area contributed by atoms with Crippen molar-refractivity contribution in [1.29, 1.82) is 0 Å². The molecule has 1 heterocycles. The zero-order valence-electron chi connectivity index (χ0n) is 11.1. The molecular formula is C12H20N2O5. The fourth-order valence-electron chi connectivity index (χ4n) is 2.17. The van der Waals surface area contributed by atoms with Crippen molar-refractivity contribution in [3.05, 3.63) is 0 Å². The number of likely N-dealkylation sites (tertiary alicyclic amines) is 1. The SMILES string of the molecule is COC(=O)NC(=O)CN1CCC(CCC(=O)O)CC1. The first kappa shape index (κ1) is 15.4. The Hall–Kier alpha value is -1.63. The lowest BCUT2D eigenvalue weighted by molar-refractivity contribution is -0.137. The number of carboxylic acids is 1. The van der Waals surface area contributed by atoms with Crippen LogP contribution in [-0.4, -0.2) is 54.7 Å². The number of nitrogens with one attached hydrogen (secondary N) is 1. The minimum absolute atomic E-state index is 0.167. The van der Waals surface area contributed by atoms with Crippen molar-refractivity contribution >= 4 is 18.0 Å². The van der Waals surface area contributed by atoms with Crippen molar-refractivity contribution in [2.75, 3.05) is 26.7 Å². The van der Waals surface area contributed by atoms with E-state index in [-0.39, 0.29) is 18.9 Å². The predicted octanol–water partition coefficient (Wildman–Crippen LogP) is 0.446. The van der Waals surface area contributed by atoms with Crippen LogP contribution in [0.3, 0.4) is 0 Å². The Bertz CT molecular complexity index is 337. The van der Waals surface area contributed by atoms with Gasteiger partial charge in [0, 0.05) is 6.42 Å². The molecule has 19 heavy (non-hydrogen) atoms. The molecule has 0 spiro atoms. The first-order valence-electron chi connectivity index (χ1n) is 6.33. The summed E-state index contributed by atoms with van der Waals surface area (Å²) >= 11 is 0. The van der Waals surface area contributed by atoms with Crippen molar-refractivity contribution in [3.63, 3.8) is 0 Å². The van der Waals surface area contributed by atoms with E-state index in [1.54, 1.807) is 0 Å². The van der Waals surface area contributed by atoms with Gasteiger partial charge in [-0.15, -0.1) is 0 Å². The third kappa shape index (κ3) is 6.19. The fourth-order valence-corrected chi connectivity index (χ4v) is 2.17. The largest absolute Gasteiger partial charge is 0.481 e. The number of hydrogen-bond acceptors (Lipinski definition) is 5.